The Morgan fingerprint density at radius 1 is 0.852 bits per heavy atom. The molecule has 0 aliphatic carbocycles. The SMILES string of the molecule is O=C(Nc1cccc2ccccc12)NC1(C(F)(F)F)Oc2ccccc2O1. The van der Waals surface area contributed by atoms with E-state index >= 15 is 0 Å². The average Bonchev–Trinajstić information content (AvgIpc) is 3.01. The summed E-state index contributed by atoms with van der Waals surface area (Å²) in [6.45, 7) is 0. The minimum atomic E-state index is -5.01. The van der Waals surface area contributed by atoms with Crippen LogP contribution in [0.2, 0.25) is 0 Å². The van der Waals surface area contributed by atoms with E-state index in [4.69, 9.17) is 9.47 Å². The van der Waals surface area contributed by atoms with Gasteiger partial charge in [-0.15, -0.1) is 0 Å². The third-order valence-corrected chi connectivity index (χ3v) is 4.05. The van der Waals surface area contributed by atoms with E-state index in [2.05, 4.69) is 5.32 Å². The highest BCUT2D eigenvalue weighted by atomic mass is 19.4. The first kappa shape index (κ1) is 17.0. The number of alkyl halides is 3. The largest absolute Gasteiger partial charge is 0.492 e. The van der Waals surface area contributed by atoms with Crippen molar-refractivity contribution in [1.29, 1.82) is 0 Å². The van der Waals surface area contributed by atoms with Crippen LogP contribution in [-0.2, 0) is 0 Å². The van der Waals surface area contributed by atoms with Gasteiger partial charge in [-0.3, -0.25) is 5.32 Å². The molecule has 3 aromatic carbocycles. The smallest absolute Gasteiger partial charge is 0.424 e. The normalized spacial score (nSPS) is 14.8. The molecule has 27 heavy (non-hydrogen) atoms. The lowest BCUT2D eigenvalue weighted by Gasteiger charge is -2.29. The van der Waals surface area contributed by atoms with Crippen molar-refractivity contribution < 1.29 is 27.4 Å². The van der Waals surface area contributed by atoms with Crippen molar-refractivity contribution in [2.75, 3.05) is 5.32 Å². The second-order valence-electron chi connectivity index (χ2n) is 5.87. The van der Waals surface area contributed by atoms with E-state index in [1.165, 1.54) is 24.3 Å². The summed E-state index contributed by atoms with van der Waals surface area (Å²) in [4.78, 5) is 12.3. The van der Waals surface area contributed by atoms with Gasteiger partial charge in [0.05, 0.1) is 5.69 Å². The molecule has 8 heteroatoms. The summed E-state index contributed by atoms with van der Waals surface area (Å²) >= 11 is 0. The number of carbonyl (C=O) groups is 1. The number of amides is 2. The lowest BCUT2D eigenvalue weighted by Crippen LogP contribution is -2.65. The van der Waals surface area contributed by atoms with E-state index in [0.29, 0.717) is 11.1 Å². The first-order valence-corrected chi connectivity index (χ1v) is 7.99. The van der Waals surface area contributed by atoms with Crippen molar-refractivity contribution in [2.45, 2.75) is 12.1 Å². The molecule has 0 spiro atoms. The molecule has 5 nitrogen and oxygen atoms in total. The van der Waals surface area contributed by atoms with Crippen molar-refractivity contribution in [3.8, 4) is 11.5 Å². The zero-order valence-electron chi connectivity index (χ0n) is 13.7. The van der Waals surface area contributed by atoms with Crippen molar-refractivity contribution in [2.24, 2.45) is 0 Å². The van der Waals surface area contributed by atoms with Crippen LogP contribution in [0.25, 0.3) is 10.8 Å². The summed E-state index contributed by atoms with van der Waals surface area (Å²) in [6.07, 6.45) is -5.01. The second kappa shape index (κ2) is 6.08. The van der Waals surface area contributed by atoms with E-state index in [0.717, 1.165) is 5.39 Å². The second-order valence-corrected chi connectivity index (χ2v) is 5.87. The monoisotopic (exact) mass is 374 g/mol. The van der Waals surface area contributed by atoms with Gasteiger partial charge in [0.15, 0.2) is 11.5 Å². The van der Waals surface area contributed by atoms with Crippen LogP contribution in [0.5, 0.6) is 11.5 Å². The lowest BCUT2D eigenvalue weighted by molar-refractivity contribution is -0.317. The Morgan fingerprint density at radius 3 is 2.11 bits per heavy atom. The molecule has 0 saturated heterocycles. The molecule has 1 heterocycles. The summed E-state index contributed by atoms with van der Waals surface area (Å²) < 4.78 is 50.8. The lowest BCUT2D eigenvalue weighted by atomic mass is 10.1. The topological polar surface area (TPSA) is 59.6 Å². The highest BCUT2D eigenvalue weighted by Gasteiger charge is 2.65. The predicted octanol–water partition coefficient (Wildman–Crippen LogP) is 4.65. The molecule has 0 atom stereocenters. The molecule has 0 unspecified atom stereocenters. The third kappa shape index (κ3) is 2.99. The van der Waals surface area contributed by atoms with Crippen LogP contribution in [-0.4, -0.2) is 18.1 Å². The Bertz CT molecular complexity index is 990. The number of halogens is 3. The molecule has 0 fully saturated rings. The minimum absolute atomic E-state index is 0.111. The fourth-order valence-corrected chi connectivity index (χ4v) is 2.82. The van der Waals surface area contributed by atoms with Gasteiger partial charge in [-0.1, -0.05) is 48.5 Å². The number of carbonyl (C=O) groups excluding carboxylic acids is 1. The average molecular weight is 374 g/mol. The zero-order chi connectivity index (χ0) is 19.1. The molecule has 1 aliphatic heterocycles. The molecular weight excluding hydrogens is 361 g/mol. The number of nitrogens with one attached hydrogen (secondary N) is 2. The van der Waals surface area contributed by atoms with Crippen LogP contribution in [0.4, 0.5) is 23.7 Å². The molecule has 2 N–H and O–H groups in total. The van der Waals surface area contributed by atoms with Gasteiger partial charge in [-0.05, 0) is 23.6 Å². The van der Waals surface area contributed by atoms with E-state index in [9.17, 15) is 18.0 Å². The maximum absolute atomic E-state index is 13.6. The zero-order valence-corrected chi connectivity index (χ0v) is 13.7. The van der Waals surface area contributed by atoms with Gasteiger partial charge >= 0.3 is 18.1 Å². The van der Waals surface area contributed by atoms with Gasteiger partial charge in [0.25, 0.3) is 0 Å². The van der Waals surface area contributed by atoms with E-state index < -0.39 is 18.1 Å². The van der Waals surface area contributed by atoms with Gasteiger partial charge in [0.2, 0.25) is 0 Å². The standard InChI is InChI=1S/C19H13F3N2O3/c20-18(21,22)19(26-15-10-3-4-11-16(15)27-19)24-17(25)23-14-9-5-7-12-6-1-2-8-13(12)14/h1-11H,(H2,23,24,25). The Kier molecular flexibility index (Phi) is 3.83. The Morgan fingerprint density at radius 2 is 1.44 bits per heavy atom. The Hall–Kier alpha value is -3.42. The van der Waals surface area contributed by atoms with Gasteiger partial charge in [-0.25, -0.2) is 4.79 Å². The van der Waals surface area contributed by atoms with Crippen LogP contribution in [0, 0.1) is 0 Å². The fraction of sp³-hybridized carbons (Fsp3) is 0.105. The van der Waals surface area contributed by atoms with E-state index in [-0.39, 0.29) is 11.5 Å². The first-order valence-electron chi connectivity index (χ1n) is 7.99. The fourth-order valence-electron chi connectivity index (χ4n) is 2.82. The summed E-state index contributed by atoms with van der Waals surface area (Å²) in [5.74, 6) is -3.52. The molecule has 0 saturated carbocycles. The van der Waals surface area contributed by atoms with Gasteiger partial charge in [0.1, 0.15) is 0 Å². The molecule has 0 bridgehead atoms. The third-order valence-electron chi connectivity index (χ3n) is 4.05. The molecule has 2 amide bonds. The minimum Gasteiger partial charge on any atom is -0.424 e. The first-order chi connectivity index (χ1) is 12.9. The summed E-state index contributed by atoms with van der Waals surface area (Å²) in [5.41, 5.74) is 0.360. The van der Waals surface area contributed by atoms with E-state index in [1.807, 2.05) is 18.2 Å². The van der Waals surface area contributed by atoms with Crippen molar-refractivity contribution in [3.05, 3.63) is 66.7 Å². The number of benzene rings is 3. The van der Waals surface area contributed by atoms with Crippen LogP contribution >= 0.6 is 0 Å². The summed E-state index contributed by atoms with van der Waals surface area (Å²) in [5, 5.41) is 5.72. The Labute approximate surface area is 151 Å². The van der Waals surface area contributed by atoms with Crippen molar-refractivity contribution in [1.82, 2.24) is 5.32 Å². The van der Waals surface area contributed by atoms with Crippen LogP contribution < -0.4 is 20.1 Å². The molecule has 0 radical (unpaired) electrons. The van der Waals surface area contributed by atoms with Crippen molar-refractivity contribution >= 4 is 22.5 Å². The molecule has 138 valence electrons. The van der Waals surface area contributed by atoms with Crippen molar-refractivity contribution in [3.63, 3.8) is 0 Å². The van der Waals surface area contributed by atoms with Crippen LogP contribution in [0.3, 0.4) is 0 Å². The molecule has 1 aliphatic rings. The number of fused-ring (bicyclic) bond motifs is 2. The number of hydrogen-bond acceptors (Lipinski definition) is 3. The predicted molar refractivity (Wildman–Crippen MR) is 92.6 cm³/mol. The number of rotatable bonds is 2. The van der Waals surface area contributed by atoms with E-state index in [1.54, 1.807) is 29.6 Å². The number of para-hydroxylation sites is 2. The maximum Gasteiger partial charge on any atom is 0.492 e. The van der Waals surface area contributed by atoms with Crippen LogP contribution in [0.1, 0.15) is 0 Å². The summed E-state index contributed by atoms with van der Waals surface area (Å²) in [6, 6.07) is 16.8. The molecule has 3 aromatic rings. The number of urea groups is 1. The van der Waals surface area contributed by atoms with Gasteiger partial charge < -0.3 is 14.8 Å². The number of anilines is 1. The summed E-state index contributed by atoms with van der Waals surface area (Å²) in [7, 11) is 0. The van der Waals surface area contributed by atoms with Gasteiger partial charge in [0, 0.05) is 5.39 Å². The quantitative estimate of drug-likeness (QED) is 0.687. The Balaban J connectivity index is 1.60. The number of ether oxygens (including phenoxy) is 2. The number of hydrogen-bond donors (Lipinski definition) is 2. The highest BCUT2D eigenvalue weighted by molar-refractivity contribution is 6.01. The highest BCUT2D eigenvalue weighted by Crippen LogP contribution is 2.44. The molecule has 4 rings (SSSR count). The molecule has 0 aromatic heterocycles. The maximum atomic E-state index is 13.6. The molecular formula is C19H13F3N2O3. The van der Waals surface area contributed by atoms with Gasteiger partial charge in [-0.2, -0.15) is 13.2 Å². The van der Waals surface area contributed by atoms with Crippen LogP contribution in [0.15, 0.2) is 66.7 Å².